The molecule has 0 aromatic heterocycles. The Bertz CT molecular complexity index is 608. The van der Waals surface area contributed by atoms with Gasteiger partial charge in [-0.2, -0.15) is 0 Å². The third-order valence-corrected chi connectivity index (χ3v) is 5.00. The maximum atomic E-state index is 13.0. The van der Waals surface area contributed by atoms with Crippen LogP contribution in [0.4, 0.5) is 0 Å². The minimum absolute atomic E-state index is 0.0473. The van der Waals surface area contributed by atoms with Crippen LogP contribution in [0.5, 0.6) is 0 Å². The first-order valence-corrected chi connectivity index (χ1v) is 8.72. The van der Waals surface area contributed by atoms with Gasteiger partial charge in [0.15, 0.2) is 0 Å². The number of nitrogens with zero attached hydrogens (tertiary/aromatic N) is 3. The molecule has 6 nitrogen and oxygen atoms in total. The fourth-order valence-electron chi connectivity index (χ4n) is 4.03. The smallest absolute Gasteiger partial charge is 0.251 e. The summed E-state index contributed by atoms with van der Waals surface area (Å²) < 4.78 is 0. The van der Waals surface area contributed by atoms with Gasteiger partial charge in [0.05, 0.1) is 0 Å². The summed E-state index contributed by atoms with van der Waals surface area (Å²) in [6.45, 7) is 15.5. The molecule has 0 aromatic rings. The minimum Gasteiger partial charge on any atom is -0.339 e. The molecule has 0 saturated carbocycles. The maximum absolute atomic E-state index is 13.0. The summed E-state index contributed by atoms with van der Waals surface area (Å²) in [6.07, 6.45) is 3.75. The molecule has 138 valence electrons. The predicted octanol–water partition coefficient (Wildman–Crippen LogP) is 1.78. The molecule has 0 N–H and O–H groups in total. The third kappa shape index (κ3) is 3.94. The molecule has 0 bridgehead atoms. The monoisotopic (exact) mass is 347 g/mol. The van der Waals surface area contributed by atoms with Gasteiger partial charge in [-0.3, -0.25) is 14.4 Å². The molecule has 0 atom stereocenters. The van der Waals surface area contributed by atoms with Crippen molar-refractivity contribution in [2.24, 2.45) is 5.41 Å². The molecule has 2 aliphatic heterocycles. The largest absolute Gasteiger partial charge is 0.339 e. The fraction of sp³-hybridized carbons (Fsp3) is 0.632. The molecule has 1 saturated heterocycles. The van der Waals surface area contributed by atoms with Crippen molar-refractivity contribution in [3.05, 3.63) is 24.4 Å². The van der Waals surface area contributed by atoms with Crippen molar-refractivity contribution in [3.63, 3.8) is 0 Å². The van der Waals surface area contributed by atoms with Gasteiger partial charge >= 0.3 is 0 Å². The van der Waals surface area contributed by atoms with Crippen molar-refractivity contribution >= 4 is 17.7 Å². The van der Waals surface area contributed by atoms with Gasteiger partial charge < -0.3 is 14.7 Å². The second-order valence-corrected chi connectivity index (χ2v) is 8.17. The topological polar surface area (TPSA) is 60.9 Å². The minimum atomic E-state index is -0.620. The van der Waals surface area contributed by atoms with Crippen LogP contribution >= 0.6 is 0 Å². The third-order valence-electron chi connectivity index (χ3n) is 5.00. The lowest BCUT2D eigenvalue weighted by molar-refractivity contribution is -0.147. The Kier molecular flexibility index (Phi) is 5.11. The Hall–Kier alpha value is -2.11. The normalized spacial score (nSPS) is 19.0. The molecule has 0 spiro atoms. The van der Waals surface area contributed by atoms with Crippen molar-refractivity contribution in [1.29, 1.82) is 0 Å². The van der Waals surface area contributed by atoms with Crippen LogP contribution < -0.4 is 0 Å². The molecule has 0 unspecified atom stereocenters. The van der Waals surface area contributed by atoms with Crippen molar-refractivity contribution in [3.8, 4) is 0 Å². The molecule has 0 radical (unpaired) electrons. The number of hydrogen-bond acceptors (Lipinski definition) is 3. The average molecular weight is 347 g/mol. The molecule has 2 aliphatic rings. The van der Waals surface area contributed by atoms with Gasteiger partial charge in [0.25, 0.3) is 5.91 Å². The van der Waals surface area contributed by atoms with E-state index in [4.69, 9.17) is 0 Å². The summed E-state index contributed by atoms with van der Waals surface area (Å²) in [5.41, 5.74) is -0.475. The summed E-state index contributed by atoms with van der Waals surface area (Å²) in [6, 6.07) is 0. The SMILES string of the molecule is C=C1C=CC(=O)N1C(C)(C)CC(C)(C)C(=O)N1CCN(C(C)=O)CC1. The Morgan fingerprint density at radius 1 is 1.04 bits per heavy atom. The second kappa shape index (κ2) is 6.65. The Morgan fingerprint density at radius 2 is 1.56 bits per heavy atom. The summed E-state index contributed by atoms with van der Waals surface area (Å²) in [7, 11) is 0. The van der Waals surface area contributed by atoms with E-state index in [9.17, 15) is 14.4 Å². The van der Waals surface area contributed by atoms with Crippen LogP contribution in [-0.4, -0.2) is 64.1 Å². The summed E-state index contributed by atoms with van der Waals surface area (Å²) in [5, 5.41) is 0. The molecular formula is C19H29N3O3. The van der Waals surface area contributed by atoms with Crippen LogP contribution in [0.1, 0.15) is 41.0 Å². The van der Waals surface area contributed by atoms with Crippen LogP contribution in [0.2, 0.25) is 0 Å². The average Bonchev–Trinajstić information content (AvgIpc) is 2.85. The molecule has 6 heteroatoms. The first-order valence-electron chi connectivity index (χ1n) is 8.72. The quantitative estimate of drug-likeness (QED) is 0.779. The summed E-state index contributed by atoms with van der Waals surface area (Å²) in [4.78, 5) is 41.9. The first kappa shape index (κ1) is 19.2. The van der Waals surface area contributed by atoms with Gasteiger partial charge in [-0.1, -0.05) is 20.4 Å². The van der Waals surface area contributed by atoms with Gasteiger partial charge in [-0.15, -0.1) is 0 Å². The van der Waals surface area contributed by atoms with E-state index in [2.05, 4.69) is 6.58 Å². The number of carbonyl (C=O) groups is 3. The van der Waals surface area contributed by atoms with Gasteiger partial charge in [-0.05, 0) is 26.3 Å². The number of rotatable bonds is 4. The van der Waals surface area contributed by atoms with Gasteiger partial charge in [-0.25, -0.2) is 0 Å². The van der Waals surface area contributed by atoms with Crippen LogP contribution in [0.15, 0.2) is 24.4 Å². The van der Waals surface area contributed by atoms with Crippen LogP contribution in [0.25, 0.3) is 0 Å². The molecule has 2 heterocycles. The van der Waals surface area contributed by atoms with Crippen molar-refractivity contribution in [2.75, 3.05) is 26.2 Å². The van der Waals surface area contributed by atoms with E-state index < -0.39 is 11.0 Å². The standard InChI is InChI=1S/C19H29N3O3/c1-14-7-8-16(24)22(14)19(5,6)13-18(3,4)17(25)21-11-9-20(10-12-21)15(2)23/h7-8H,1,9-13H2,2-6H3. The Morgan fingerprint density at radius 3 is 2.00 bits per heavy atom. The second-order valence-electron chi connectivity index (χ2n) is 8.17. The molecular weight excluding hydrogens is 318 g/mol. The molecule has 0 aromatic carbocycles. The van der Waals surface area contributed by atoms with Crippen molar-refractivity contribution in [2.45, 2.75) is 46.6 Å². The van der Waals surface area contributed by atoms with E-state index in [0.29, 0.717) is 38.3 Å². The van der Waals surface area contributed by atoms with Crippen LogP contribution in [0, 0.1) is 5.41 Å². The highest BCUT2D eigenvalue weighted by atomic mass is 16.2. The van der Waals surface area contributed by atoms with E-state index in [0.717, 1.165) is 0 Å². The summed E-state index contributed by atoms with van der Waals surface area (Å²) >= 11 is 0. The lowest BCUT2D eigenvalue weighted by Gasteiger charge is -2.44. The number of hydrogen-bond donors (Lipinski definition) is 0. The number of allylic oxidation sites excluding steroid dienone is 1. The van der Waals surface area contributed by atoms with E-state index in [1.165, 1.54) is 6.08 Å². The zero-order chi connectivity index (χ0) is 19.0. The highest BCUT2D eigenvalue weighted by Gasteiger charge is 2.43. The zero-order valence-electron chi connectivity index (χ0n) is 16.0. The van der Waals surface area contributed by atoms with Gasteiger partial charge in [0, 0.05) is 55.8 Å². The molecule has 25 heavy (non-hydrogen) atoms. The number of amides is 3. The van der Waals surface area contributed by atoms with Crippen LogP contribution in [-0.2, 0) is 14.4 Å². The van der Waals surface area contributed by atoms with Crippen molar-refractivity contribution < 1.29 is 14.4 Å². The van der Waals surface area contributed by atoms with Gasteiger partial charge in [0.1, 0.15) is 0 Å². The lowest BCUT2D eigenvalue weighted by Crippen LogP contribution is -2.55. The molecule has 3 amide bonds. The molecule has 0 aliphatic carbocycles. The fourth-order valence-corrected chi connectivity index (χ4v) is 4.03. The zero-order valence-corrected chi connectivity index (χ0v) is 16.0. The first-order chi connectivity index (χ1) is 11.5. The highest BCUT2D eigenvalue weighted by Crippen LogP contribution is 2.37. The summed E-state index contributed by atoms with van der Waals surface area (Å²) in [5.74, 6) is 0.0216. The van der Waals surface area contributed by atoms with E-state index >= 15 is 0 Å². The van der Waals surface area contributed by atoms with E-state index in [1.807, 2.05) is 32.6 Å². The van der Waals surface area contributed by atoms with Gasteiger partial charge in [0.2, 0.25) is 11.8 Å². The van der Waals surface area contributed by atoms with Crippen LogP contribution in [0.3, 0.4) is 0 Å². The van der Waals surface area contributed by atoms with E-state index in [-0.39, 0.29) is 17.7 Å². The predicted molar refractivity (Wildman–Crippen MR) is 96.4 cm³/mol. The Labute approximate surface area is 150 Å². The van der Waals surface area contributed by atoms with E-state index in [1.54, 1.807) is 22.8 Å². The highest BCUT2D eigenvalue weighted by molar-refractivity contribution is 5.93. The Balaban J connectivity index is 2.05. The number of piperazine rings is 1. The van der Waals surface area contributed by atoms with Crippen molar-refractivity contribution in [1.82, 2.24) is 14.7 Å². The maximum Gasteiger partial charge on any atom is 0.251 e. The number of carbonyl (C=O) groups excluding carboxylic acids is 3. The molecule has 2 rings (SSSR count). The lowest BCUT2D eigenvalue weighted by atomic mass is 9.78. The molecule has 1 fully saturated rings.